The monoisotopic (exact) mass is 260 g/mol. The molecule has 0 aliphatic heterocycles. The average Bonchev–Trinajstić information content (AvgIpc) is 2.67. The van der Waals surface area contributed by atoms with E-state index in [0.717, 1.165) is 5.69 Å². The fraction of sp³-hybridized carbons (Fsp3) is 0.231. The van der Waals surface area contributed by atoms with Gasteiger partial charge in [0, 0.05) is 13.1 Å². The summed E-state index contributed by atoms with van der Waals surface area (Å²) in [4.78, 5) is 11.7. The zero-order valence-corrected chi connectivity index (χ0v) is 10.9. The number of hydrogen-bond acceptors (Lipinski definition) is 4. The first-order valence-electron chi connectivity index (χ1n) is 5.84. The highest BCUT2D eigenvalue weighted by Gasteiger charge is 2.08. The smallest absolute Gasteiger partial charge is 0.263 e. The first-order chi connectivity index (χ1) is 9.06. The molecule has 1 amide bonds. The molecule has 2 aromatic rings. The fourth-order valence-electron chi connectivity index (χ4n) is 1.66. The summed E-state index contributed by atoms with van der Waals surface area (Å²) in [5.74, 6) is 0.872. The van der Waals surface area contributed by atoms with Crippen LogP contribution in [0.2, 0.25) is 0 Å². The summed E-state index contributed by atoms with van der Waals surface area (Å²) in [5.41, 5.74) is 7.06. The molecule has 19 heavy (non-hydrogen) atoms. The number of aryl methyl sites for hydroxylation is 2. The third-order valence-corrected chi connectivity index (χ3v) is 2.55. The average molecular weight is 260 g/mol. The maximum Gasteiger partial charge on any atom is 0.263 e. The molecular weight excluding hydrogens is 244 g/mol. The van der Waals surface area contributed by atoms with Gasteiger partial charge in [0.05, 0.1) is 11.4 Å². The molecule has 6 nitrogen and oxygen atoms in total. The number of rotatable bonds is 4. The number of aromatic nitrogens is 2. The Morgan fingerprint density at radius 2 is 2.21 bits per heavy atom. The molecule has 6 heteroatoms. The minimum atomic E-state index is -0.258. The van der Waals surface area contributed by atoms with Crippen LogP contribution in [0, 0.1) is 6.92 Å². The lowest BCUT2D eigenvalue weighted by Crippen LogP contribution is -2.21. The van der Waals surface area contributed by atoms with Crippen LogP contribution in [0.25, 0.3) is 0 Å². The van der Waals surface area contributed by atoms with E-state index in [1.807, 2.05) is 6.92 Å². The Kier molecular flexibility index (Phi) is 3.70. The van der Waals surface area contributed by atoms with Crippen LogP contribution < -0.4 is 15.8 Å². The van der Waals surface area contributed by atoms with Gasteiger partial charge in [0.2, 0.25) is 0 Å². The summed E-state index contributed by atoms with van der Waals surface area (Å²) in [7, 11) is 1.76. The Morgan fingerprint density at radius 3 is 2.84 bits per heavy atom. The Bertz CT molecular complexity index is 592. The van der Waals surface area contributed by atoms with Crippen LogP contribution in [0.15, 0.2) is 30.3 Å². The molecule has 1 aromatic heterocycles. The summed E-state index contributed by atoms with van der Waals surface area (Å²) in [6.45, 7) is 1.76. The van der Waals surface area contributed by atoms with Crippen molar-refractivity contribution < 1.29 is 9.53 Å². The maximum absolute atomic E-state index is 11.7. The Balaban J connectivity index is 1.92. The number of nitrogens with one attached hydrogen (secondary N) is 1. The van der Waals surface area contributed by atoms with Gasteiger partial charge in [-0.1, -0.05) is 12.1 Å². The largest absolute Gasteiger partial charge is 0.482 e. The highest BCUT2D eigenvalue weighted by molar-refractivity contribution is 5.91. The summed E-state index contributed by atoms with van der Waals surface area (Å²) in [6.07, 6.45) is 0. The molecule has 0 saturated carbocycles. The van der Waals surface area contributed by atoms with E-state index in [1.54, 1.807) is 42.1 Å². The van der Waals surface area contributed by atoms with Crippen molar-refractivity contribution in [3.8, 4) is 5.75 Å². The molecule has 0 unspecified atom stereocenters. The van der Waals surface area contributed by atoms with Gasteiger partial charge in [-0.15, -0.1) is 0 Å². The number of nitrogens with two attached hydrogens (primary N) is 1. The molecule has 0 atom stereocenters. The number of amides is 1. The minimum Gasteiger partial charge on any atom is -0.482 e. The predicted octanol–water partition coefficient (Wildman–Crippen LogP) is 1.33. The SMILES string of the molecule is Cc1cc(NC(=O)COc2ccccc2N)n(C)n1. The lowest BCUT2D eigenvalue weighted by Gasteiger charge is -2.09. The van der Waals surface area contributed by atoms with Gasteiger partial charge >= 0.3 is 0 Å². The fourth-order valence-corrected chi connectivity index (χ4v) is 1.66. The molecule has 0 fully saturated rings. The van der Waals surface area contributed by atoms with Crippen molar-refractivity contribution in [1.82, 2.24) is 9.78 Å². The quantitative estimate of drug-likeness (QED) is 0.812. The van der Waals surface area contributed by atoms with Gasteiger partial charge in [-0.25, -0.2) is 0 Å². The maximum atomic E-state index is 11.7. The molecule has 0 saturated heterocycles. The topological polar surface area (TPSA) is 82.2 Å². The van der Waals surface area contributed by atoms with Crippen molar-refractivity contribution in [2.24, 2.45) is 7.05 Å². The van der Waals surface area contributed by atoms with Gasteiger partial charge in [0.25, 0.3) is 5.91 Å². The molecular formula is C13H16N4O2. The highest BCUT2D eigenvalue weighted by Crippen LogP contribution is 2.19. The van der Waals surface area contributed by atoms with Crippen LogP contribution in [-0.4, -0.2) is 22.3 Å². The molecule has 2 rings (SSSR count). The van der Waals surface area contributed by atoms with E-state index in [-0.39, 0.29) is 12.5 Å². The van der Waals surface area contributed by atoms with Crippen molar-refractivity contribution in [3.05, 3.63) is 36.0 Å². The van der Waals surface area contributed by atoms with E-state index in [1.165, 1.54) is 0 Å². The Labute approximate surface area is 111 Å². The molecule has 0 bridgehead atoms. The second kappa shape index (κ2) is 5.43. The molecule has 1 heterocycles. The first kappa shape index (κ1) is 12.9. The number of nitrogens with zero attached hydrogens (tertiary/aromatic N) is 2. The lowest BCUT2D eigenvalue weighted by molar-refractivity contribution is -0.118. The van der Waals surface area contributed by atoms with Gasteiger partial charge in [0.15, 0.2) is 6.61 Å². The van der Waals surface area contributed by atoms with Gasteiger partial charge in [-0.05, 0) is 19.1 Å². The number of ether oxygens (including phenoxy) is 1. The summed E-state index contributed by atoms with van der Waals surface area (Å²) in [6, 6.07) is 8.83. The number of carbonyl (C=O) groups is 1. The number of anilines is 2. The number of benzene rings is 1. The van der Waals surface area contributed by atoms with E-state index in [4.69, 9.17) is 10.5 Å². The van der Waals surface area contributed by atoms with Gasteiger partial charge in [-0.2, -0.15) is 5.10 Å². The molecule has 0 aliphatic rings. The Morgan fingerprint density at radius 1 is 1.47 bits per heavy atom. The second-order valence-electron chi connectivity index (χ2n) is 4.17. The third kappa shape index (κ3) is 3.25. The molecule has 0 aliphatic carbocycles. The van der Waals surface area contributed by atoms with E-state index < -0.39 is 0 Å². The van der Waals surface area contributed by atoms with Crippen LogP contribution in [0.1, 0.15) is 5.69 Å². The van der Waals surface area contributed by atoms with Crippen molar-refractivity contribution in [2.45, 2.75) is 6.92 Å². The highest BCUT2D eigenvalue weighted by atomic mass is 16.5. The third-order valence-electron chi connectivity index (χ3n) is 2.55. The molecule has 1 aromatic carbocycles. The van der Waals surface area contributed by atoms with Gasteiger partial charge in [-0.3, -0.25) is 9.48 Å². The lowest BCUT2D eigenvalue weighted by atomic mass is 10.3. The van der Waals surface area contributed by atoms with E-state index >= 15 is 0 Å². The molecule has 3 N–H and O–H groups in total. The zero-order chi connectivity index (χ0) is 13.8. The molecule has 0 spiro atoms. The van der Waals surface area contributed by atoms with E-state index in [0.29, 0.717) is 17.3 Å². The number of nitrogen functional groups attached to an aromatic ring is 1. The minimum absolute atomic E-state index is 0.0988. The molecule has 100 valence electrons. The van der Waals surface area contributed by atoms with Crippen LogP contribution in [0.3, 0.4) is 0 Å². The van der Waals surface area contributed by atoms with Crippen molar-refractivity contribution in [2.75, 3.05) is 17.7 Å². The van der Waals surface area contributed by atoms with E-state index in [2.05, 4.69) is 10.4 Å². The van der Waals surface area contributed by atoms with Crippen LogP contribution in [0.4, 0.5) is 11.5 Å². The summed E-state index contributed by atoms with van der Waals surface area (Å²) < 4.78 is 6.95. The standard InChI is InChI=1S/C13H16N4O2/c1-9-7-12(17(2)16-9)15-13(18)8-19-11-6-4-3-5-10(11)14/h3-7H,8,14H2,1-2H3,(H,15,18). The second-order valence-corrected chi connectivity index (χ2v) is 4.17. The number of para-hydroxylation sites is 2. The van der Waals surface area contributed by atoms with Gasteiger partial charge < -0.3 is 15.8 Å². The molecule has 0 radical (unpaired) electrons. The first-order valence-corrected chi connectivity index (χ1v) is 5.84. The van der Waals surface area contributed by atoms with Crippen molar-refractivity contribution in [3.63, 3.8) is 0 Å². The van der Waals surface area contributed by atoms with Gasteiger partial charge in [0.1, 0.15) is 11.6 Å². The van der Waals surface area contributed by atoms with Crippen LogP contribution in [0.5, 0.6) is 5.75 Å². The number of carbonyl (C=O) groups excluding carboxylic acids is 1. The predicted molar refractivity (Wildman–Crippen MR) is 72.9 cm³/mol. The van der Waals surface area contributed by atoms with Crippen LogP contribution in [-0.2, 0) is 11.8 Å². The van der Waals surface area contributed by atoms with E-state index in [9.17, 15) is 4.79 Å². The van der Waals surface area contributed by atoms with Crippen molar-refractivity contribution in [1.29, 1.82) is 0 Å². The number of hydrogen-bond donors (Lipinski definition) is 2. The Hall–Kier alpha value is -2.50. The summed E-state index contributed by atoms with van der Waals surface area (Å²) in [5, 5.41) is 6.85. The normalized spacial score (nSPS) is 10.2. The van der Waals surface area contributed by atoms with Crippen molar-refractivity contribution >= 4 is 17.4 Å². The zero-order valence-electron chi connectivity index (χ0n) is 10.9. The van der Waals surface area contributed by atoms with Crippen LogP contribution >= 0.6 is 0 Å². The summed E-state index contributed by atoms with van der Waals surface area (Å²) >= 11 is 0.